The van der Waals surface area contributed by atoms with E-state index in [0.29, 0.717) is 6.42 Å². The number of benzene rings is 1. The Morgan fingerprint density at radius 1 is 1.31 bits per heavy atom. The van der Waals surface area contributed by atoms with Gasteiger partial charge >= 0.3 is 0 Å². The van der Waals surface area contributed by atoms with Crippen molar-refractivity contribution in [2.24, 2.45) is 0 Å². The van der Waals surface area contributed by atoms with Gasteiger partial charge in [0.25, 0.3) is 0 Å². The third kappa shape index (κ3) is 3.52. The molecule has 0 radical (unpaired) electrons. The summed E-state index contributed by atoms with van der Waals surface area (Å²) in [6.45, 7) is 3.74. The second kappa shape index (κ2) is 5.09. The van der Waals surface area contributed by atoms with Crippen LogP contribution in [0.2, 0.25) is 0 Å². The van der Waals surface area contributed by atoms with E-state index < -0.39 is 0 Å². The Bertz CT molecular complexity index is 309. The van der Waals surface area contributed by atoms with Gasteiger partial charge in [0.05, 0.1) is 0 Å². The monoisotopic (exact) mass is 172 g/mol. The summed E-state index contributed by atoms with van der Waals surface area (Å²) in [5.41, 5.74) is 1.95. The van der Waals surface area contributed by atoms with E-state index in [1.807, 2.05) is 42.5 Å². The SMILES string of the molecule is C=C(/C=C/c1ccccc1)CC=O. The molecule has 0 saturated carbocycles. The van der Waals surface area contributed by atoms with Crippen LogP contribution in [0.4, 0.5) is 0 Å². The Kier molecular flexibility index (Phi) is 3.71. The fourth-order valence-electron chi connectivity index (χ4n) is 0.953. The van der Waals surface area contributed by atoms with Gasteiger partial charge in [-0.3, -0.25) is 0 Å². The van der Waals surface area contributed by atoms with E-state index in [0.717, 1.165) is 17.4 Å². The topological polar surface area (TPSA) is 17.1 Å². The van der Waals surface area contributed by atoms with Gasteiger partial charge in [-0.15, -0.1) is 0 Å². The first-order valence-electron chi connectivity index (χ1n) is 4.17. The highest BCUT2D eigenvalue weighted by Crippen LogP contribution is 2.04. The largest absolute Gasteiger partial charge is 0.303 e. The third-order valence-corrected chi connectivity index (χ3v) is 1.66. The van der Waals surface area contributed by atoms with Crippen molar-refractivity contribution in [2.45, 2.75) is 6.42 Å². The van der Waals surface area contributed by atoms with Crippen LogP contribution in [-0.4, -0.2) is 6.29 Å². The van der Waals surface area contributed by atoms with E-state index in [-0.39, 0.29) is 0 Å². The van der Waals surface area contributed by atoms with Crippen LogP contribution in [0, 0.1) is 0 Å². The number of aldehydes is 1. The Morgan fingerprint density at radius 2 is 2.00 bits per heavy atom. The lowest BCUT2D eigenvalue weighted by Crippen LogP contribution is -1.76. The smallest absolute Gasteiger partial charge is 0.124 e. The Hall–Kier alpha value is -1.63. The number of carbonyl (C=O) groups excluding carboxylic acids is 1. The van der Waals surface area contributed by atoms with Crippen molar-refractivity contribution in [2.75, 3.05) is 0 Å². The zero-order valence-electron chi connectivity index (χ0n) is 7.44. The van der Waals surface area contributed by atoms with Crippen molar-refractivity contribution in [3.8, 4) is 0 Å². The summed E-state index contributed by atoms with van der Waals surface area (Å²) in [6.07, 6.45) is 5.08. The average molecular weight is 172 g/mol. The molecule has 0 amide bonds. The molecule has 1 aromatic carbocycles. The summed E-state index contributed by atoms with van der Waals surface area (Å²) in [4.78, 5) is 10.1. The second-order valence-corrected chi connectivity index (χ2v) is 2.77. The standard InChI is InChI=1S/C12H12O/c1-11(9-10-13)7-8-12-5-3-2-4-6-12/h2-8,10H,1,9H2/b8-7+. The number of carbonyl (C=O) groups is 1. The minimum atomic E-state index is 0.406. The van der Waals surface area contributed by atoms with Gasteiger partial charge in [0.15, 0.2) is 0 Å². The summed E-state index contributed by atoms with van der Waals surface area (Å²) in [5.74, 6) is 0. The molecule has 0 aromatic heterocycles. The van der Waals surface area contributed by atoms with E-state index in [1.165, 1.54) is 0 Å². The molecule has 0 aliphatic heterocycles. The number of hydrogen-bond acceptors (Lipinski definition) is 1. The molecule has 1 rings (SSSR count). The molecule has 0 heterocycles. The molecule has 66 valence electrons. The molecular formula is C12H12O. The predicted molar refractivity (Wildman–Crippen MR) is 55.3 cm³/mol. The first kappa shape index (κ1) is 9.46. The van der Waals surface area contributed by atoms with E-state index in [1.54, 1.807) is 0 Å². The maximum Gasteiger partial charge on any atom is 0.124 e. The maximum absolute atomic E-state index is 10.1. The van der Waals surface area contributed by atoms with E-state index >= 15 is 0 Å². The Morgan fingerprint density at radius 3 is 2.62 bits per heavy atom. The molecule has 0 fully saturated rings. The zero-order chi connectivity index (χ0) is 9.52. The van der Waals surface area contributed by atoms with Crippen molar-refractivity contribution in [3.05, 3.63) is 54.1 Å². The van der Waals surface area contributed by atoms with Gasteiger partial charge in [-0.05, 0) is 11.1 Å². The number of allylic oxidation sites excluding steroid dienone is 2. The molecule has 0 spiro atoms. The van der Waals surface area contributed by atoms with Crippen LogP contribution < -0.4 is 0 Å². The minimum Gasteiger partial charge on any atom is -0.303 e. The first-order chi connectivity index (χ1) is 6.33. The average Bonchev–Trinajstić information content (AvgIpc) is 2.17. The van der Waals surface area contributed by atoms with Gasteiger partial charge < -0.3 is 4.79 Å². The van der Waals surface area contributed by atoms with E-state index in [4.69, 9.17) is 0 Å². The van der Waals surface area contributed by atoms with E-state index in [2.05, 4.69) is 6.58 Å². The lowest BCUT2D eigenvalue weighted by molar-refractivity contribution is -0.107. The predicted octanol–water partition coefficient (Wildman–Crippen LogP) is 2.85. The van der Waals surface area contributed by atoms with Crippen molar-refractivity contribution >= 4 is 12.4 Å². The fraction of sp³-hybridized carbons (Fsp3) is 0.0833. The lowest BCUT2D eigenvalue weighted by atomic mass is 10.1. The highest BCUT2D eigenvalue weighted by atomic mass is 16.1. The van der Waals surface area contributed by atoms with Crippen molar-refractivity contribution in [1.29, 1.82) is 0 Å². The van der Waals surface area contributed by atoms with Gasteiger partial charge in [0.2, 0.25) is 0 Å². The highest BCUT2D eigenvalue weighted by Gasteiger charge is 1.86. The molecule has 0 aliphatic rings. The summed E-state index contributed by atoms with van der Waals surface area (Å²) >= 11 is 0. The normalized spacial score (nSPS) is 10.2. The van der Waals surface area contributed by atoms with Gasteiger partial charge in [-0.2, -0.15) is 0 Å². The zero-order valence-corrected chi connectivity index (χ0v) is 7.44. The quantitative estimate of drug-likeness (QED) is 0.504. The van der Waals surface area contributed by atoms with Gasteiger partial charge in [-0.1, -0.05) is 49.1 Å². The van der Waals surface area contributed by atoms with E-state index in [9.17, 15) is 4.79 Å². The van der Waals surface area contributed by atoms with Gasteiger partial charge in [-0.25, -0.2) is 0 Å². The van der Waals surface area contributed by atoms with Crippen LogP contribution in [0.25, 0.3) is 6.08 Å². The highest BCUT2D eigenvalue weighted by molar-refractivity contribution is 5.59. The number of rotatable bonds is 4. The summed E-state index contributed by atoms with van der Waals surface area (Å²) in [6, 6.07) is 9.93. The Balaban J connectivity index is 2.58. The second-order valence-electron chi connectivity index (χ2n) is 2.77. The summed E-state index contributed by atoms with van der Waals surface area (Å²) in [5, 5.41) is 0. The van der Waals surface area contributed by atoms with Crippen LogP contribution in [0.15, 0.2) is 48.6 Å². The maximum atomic E-state index is 10.1. The molecule has 13 heavy (non-hydrogen) atoms. The van der Waals surface area contributed by atoms with Crippen LogP contribution in [0.5, 0.6) is 0 Å². The minimum absolute atomic E-state index is 0.406. The van der Waals surface area contributed by atoms with Crippen LogP contribution >= 0.6 is 0 Å². The molecule has 0 bridgehead atoms. The molecule has 0 aliphatic carbocycles. The van der Waals surface area contributed by atoms with Crippen molar-refractivity contribution in [1.82, 2.24) is 0 Å². The molecule has 1 nitrogen and oxygen atoms in total. The van der Waals surface area contributed by atoms with Crippen LogP contribution in [-0.2, 0) is 4.79 Å². The molecule has 1 heteroatoms. The van der Waals surface area contributed by atoms with Crippen LogP contribution in [0.3, 0.4) is 0 Å². The lowest BCUT2D eigenvalue weighted by Gasteiger charge is -1.92. The van der Waals surface area contributed by atoms with Crippen LogP contribution in [0.1, 0.15) is 12.0 Å². The fourth-order valence-corrected chi connectivity index (χ4v) is 0.953. The molecule has 0 N–H and O–H groups in total. The van der Waals surface area contributed by atoms with Gasteiger partial charge in [0.1, 0.15) is 6.29 Å². The Labute approximate surface area is 78.4 Å². The van der Waals surface area contributed by atoms with Crippen molar-refractivity contribution in [3.63, 3.8) is 0 Å². The third-order valence-electron chi connectivity index (χ3n) is 1.66. The van der Waals surface area contributed by atoms with Gasteiger partial charge in [0, 0.05) is 6.42 Å². The molecule has 0 unspecified atom stereocenters. The molecule has 0 saturated heterocycles. The molecule has 0 atom stereocenters. The summed E-state index contributed by atoms with van der Waals surface area (Å²) in [7, 11) is 0. The molecular weight excluding hydrogens is 160 g/mol. The first-order valence-corrected chi connectivity index (χ1v) is 4.17. The summed E-state index contributed by atoms with van der Waals surface area (Å²) < 4.78 is 0. The number of hydrogen-bond donors (Lipinski definition) is 0. The molecule has 1 aromatic rings. The van der Waals surface area contributed by atoms with Crippen molar-refractivity contribution < 1.29 is 4.79 Å².